The number of hydrogen-bond donors (Lipinski definition) is 0. The van der Waals surface area contributed by atoms with Crippen molar-refractivity contribution >= 4 is 17.5 Å². The fourth-order valence-corrected chi connectivity index (χ4v) is 4.37. The number of aryl methyl sites for hydroxylation is 1. The van der Waals surface area contributed by atoms with Gasteiger partial charge in [0.15, 0.2) is 0 Å². The molecule has 1 aromatic carbocycles. The van der Waals surface area contributed by atoms with Gasteiger partial charge in [0, 0.05) is 57.9 Å². The maximum Gasteiger partial charge on any atom is 0.272 e. The number of rotatable bonds is 5. The van der Waals surface area contributed by atoms with E-state index in [-0.39, 0.29) is 5.91 Å². The largest absolute Gasteiger partial charge is 0.497 e. The number of hydrogen-bond acceptors (Lipinski definition) is 8. The van der Waals surface area contributed by atoms with E-state index in [2.05, 4.69) is 24.9 Å². The van der Waals surface area contributed by atoms with Gasteiger partial charge in [-0.3, -0.25) is 9.48 Å². The Kier molecular flexibility index (Phi) is 6.31. The van der Waals surface area contributed by atoms with Crippen molar-refractivity contribution in [1.82, 2.24) is 24.6 Å². The Hall–Kier alpha value is -3.66. The van der Waals surface area contributed by atoms with Crippen LogP contribution in [0.4, 0.5) is 11.6 Å². The third-order valence-electron chi connectivity index (χ3n) is 6.33. The molecule has 10 nitrogen and oxygen atoms in total. The van der Waals surface area contributed by atoms with Crippen LogP contribution in [0.2, 0.25) is 0 Å². The molecule has 2 aliphatic rings. The van der Waals surface area contributed by atoms with Crippen molar-refractivity contribution < 1.29 is 14.3 Å². The Morgan fingerprint density at radius 3 is 2.35 bits per heavy atom. The summed E-state index contributed by atoms with van der Waals surface area (Å²) >= 11 is 0. The second-order valence-corrected chi connectivity index (χ2v) is 8.38. The van der Waals surface area contributed by atoms with Crippen LogP contribution in [0.25, 0.3) is 11.3 Å². The predicted molar refractivity (Wildman–Crippen MR) is 128 cm³/mol. The summed E-state index contributed by atoms with van der Waals surface area (Å²) in [6.07, 6.45) is 1.62. The molecule has 5 rings (SSSR count). The van der Waals surface area contributed by atoms with Gasteiger partial charge in [0.25, 0.3) is 5.91 Å². The average Bonchev–Trinajstić information content (AvgIpc) is 3.30. The first-order valence-corrected chi connectivity index (χ1v) is 11.5. The van der Waals surface area contributed by atoms with Gasteiger partial charge in [-0.15, -0.1) is 0 Å². The van der Waals surface area contributed by atoms with Crippen LogP contribution in [0.15, 0.2) is 42.7 Å². The molecule has 0 saturated carbocycles. The summed E-state index contributed by atoms with van der Waals surface area (Å²) in [5.41, 5.74) is 2.24. The van der Waals surface area contributed by atoms with Gasteiger partial charge in [-0.1, -0.05) is 12.1 Å². The SMILES string of the molecule is COc1cccc(-c2cc(C(=O)N3CCN(c4cc(N5CCOCC5)ncn4)CC3)n(C)n2)c1. The van der Waals surface area contributed by atoms with Gasteiger partial charge in [0.2, 0.25) is 0 Å². The lowest BCUT2D eigenvalue weighted by molar-refractivity contribution is 0.0735. The highest BCUT2D eigenvalue weighted by Crippen LogP contribution is 2.25. The van der Waals surface area contributed by atoms with Crippen LogP contribution in [0.1, 0.15) is 10.5 Å². The lowest BCUT2D eigenvalue weighted by Gasteiger charge is -2.35. The molecule has 0 N–H and O–H groups in total. The van der Waals surface area contributed by atoms with E-state index in [1.165, 1.54) is 0 Å². The fraction of sp³-hybridized carbons (Fsp3) is 0.417. The van der Waals surface area contributed by atoms with Crippen molar-refractivity contribution in [2.24, 2.45) is 7.05 Å². The number of ether oxygens (including phenoxy) is 2. The number of carbonyl (C=O) groups excluding carboxylic acids is 1. The van der Waals surface area contributed by atoms with E-state index >= 15 is 0 Å². The van der Waals surface area contributed by atoms with Gasteiger partial charge in [0.05, 0.1) is 26.0 Å². The number of morpholine rings is 1. The summed E-state index contributed by atoms with van der Waals surface area (Å²) in [6.45, 7) is 5.77. The minimum atomic E-state index is -0.0134. The normalized spacial score (nSPS) is 16.6. The molecule has 0 radical (unpaired) electrons. The lowest BCUT2D eigenvalue weighted by Crippen LogP contribution is -2.49. The van der Waals surface area contributed by atoms with Crippen LogP contribution in [-0.2, 0) is 11.8 Å². The van der Waals surface area contributed by atoms with E-state index in [1.807, 2.05) is 41.3 Å². The number of nitrogens with zero attached hydrogens (tertiary/aromatic N) is 7. The molecule has 34 heavy (non-hydrogen) atoms. The maximum absolute atomic E-state index is 13.3. The van der Waals surface area contributed by atoms with Crippen LogP contribution in [0, 0.1) is 0 Å². The van der Waals surface area contributed by atoms with Gasteiger partial charge in [-0.2, -0.15) is 5.10 Å². The third kappa shape index (κ3) is 4.54. The summed E-state index contributed by atoms with van der Waals surface area (Å²) < 4.78 is 12.4. The van der Waals surface area contributed by atoms with Crippen molar-refractivity contribution in [2.45, 2.75) is 0 Å². The molecule has 4 heterocycles. The van der Waals surface area contributed by atoms with E-state index < -0.39 is 0 Å². The first kappa shape index (κ1) is 22.1. The Labute approximate surface area is 198 Å². The summed E-state index contributed by atoms with van der Waals surface area (Å²) in [6, 6.07) is 11.6. The Balaban J connectivity index is 1.25. The second-order valence-electron chi connectivity index (χ2n) is 8.38. The Morgan fingerprint density at radius 2 is 1.65 bits per heavy atom. The molecule has 0 spiro atoms. The molecule has 10 heteroatoms. The molecular weight excluding hydrogens is 434 g/mol. The molecular formula is C24H29N7O3. The first-order valence-electron chi connectivity index (χ1n) is 11.5. The number of anilines is 2. The third-order valence-corrected chi connectivity index (χ3v) is 6.33. The maximum atomic E-state index is 13.3. The van der Waals surface area contributed by atoms with Crippen LogP contribution in [-0.4, -0.2) is 90.1 Å². The Bertz CT molecular complexity index is 1150. The number of amides is 1. The monoisotopic (exact) mass is 463 g/mol. The molecule has 0 bridgehead atoms. The Morgan fingerprint density at radius 1 is 0.941 bits per heavy atom. The number of piperazine rings is 1. The average molecular weight is 464 g/mol. The smallest absolute Gasteiger partial charge is 0.272 e. The molecule has 0 aliphatic carbocycles. The predicted octanol–water partition coefficient (Wildman–Crippen LogP) is 1.68. The first-order chi connectivity index (χ1) is 16.6. The van der Waals surface area contributed by atoms with Crippen LogP contribution in [0.5, 0.6) is 5.75 Å². The number of carbonyl (C=O) groups is 1. The highest BCUT2D eigenvalue weighted by Gasteiger charge is 2.26. The van der Waals surface area contributed by atoms with E-state index in [4.69, 9.17) is 9.47 Å². The summed E-state index contributed by atoms with van der Waals surface area (Å²) in [5.74, 6) is 2.56. The summed E-state index contributed by atoms with van der Waals surface area (Å²) in [4.78, 5) is 28.5. The molecule has 1 amide bonds. The van der Waals surface area contributed by atoms with Gasteiger partial charge in [-0.05, 0) is 18.2 Å². The quantitative estimate of drug-likeness (QED) is 0.565. The van der Waals surface area contributed by atoms with Gasteiger partial charge in [0.1, 0.15) is 29.4 Å². The van der Waals surface area contributed by atoms with Crippen LogP contribution < -0.4 is 14.5 Å². The fourth-order valence-electron chi connectivity index (χ4n) is 4.37. The summed E-state index contributed by atoms with van der Waals surface area (Å²) in [7, 11) is 3.44. The molecule has 2 fully saturated rings. The van der Waals surface area contributed by atoms with E-state index in [1.54, 1.807) is 25.2 Å². The second kappa shape index (κ2) is 9.68. The van der Waals surface area contributed by atoms with Gasteiger partial charge < -0.3 is 24.2 Å². The van der Waals surface area contributed by atoms with Crippen molar-refractivity contribution in [3.8, 4) is 17.0 Å². The van der Waals surface area contributed by atoms with Crippen molar-refractivity contribution in [1.29, 1.82) is 0 Å². The molecule has 0 atom stereocenters. The molecule has 3 aromatic rings. The highest BCUT2D eigenvalue weighted by atomic mass is 16.5. The van der Waals surface area contributed by atoms with Crippen LogP contribution >= 0.6 is 0 Å². The van der Waals surface area contributed by atoms with Crippen molar-refractivity contribution in [3.05, 3.63) is 48.4 Å². The van der Waals surface area contributed by atoms with Crippen molar-refractivity contribution in [3.63, 3.8) is 0 Å². The van der Waals surface area contributed by atoms with E-state index in [9.17, 15) is 4.79 Å². The topological polar surface area (TPSA) is 88.9 Å². The van der Waals surface area contributed by atoms with Gasteiger partial charge in [-0.25, -0.2) is 9.97 Å². The van der Waals surface area contributed by atoms with E-state index in [0.717, 1.165) is 41.7 Å². The van der Waals surface area contributed by atoms with Crippen molar-refractivity contribution in [2.75, 3.05) is 69.4 Å². The lowest BCUT2D eigenvalue weighted by atomic mass is 10.1. The zero-order chi connectivity index (χ0) is 23.5. The zero-order valence-corrected chi connectivity index (χ0v) is 19.6. The molecule has 2 aromatic heterocycles. The van der Waals surface area contributed by atoms with Gasteiger partial charge >= 0.3 is 0 Å². The molecule has 0 unspecified atom stereocenters. The number of methoxy groups -OCH3 is 1. The highest BCUT2D eigenvalue weighted by molar-refractivity contribution is 5.94. The zero-order valence-electron chi connectivity index (χ0n) is 19.6. The standard InChI is InChI=1S/C24H29N7O3/c1-28-21(15-20(27-28)18-4-3-5-19(14-18)33-2)24(32)31-8-6-29(7-9-31)22-16-23(26-17-25-22)30-10-12-34-13-11-30/h3-5,14-17H,6-13H2,1-2H3. The number of aromatic nitrogens is 4. The minimum Gasteiger partial charge on any atom is -0.497 e. The molecule has 2 saturated heterocycles. The number of benzene rings is 1. The molecule has 178 valence electrons. The summed E-state index contributed by atoms with van der Waals surface area (Å²) in [5, 5.41) is 4.56. The van der Waals surface area contributed by atoms with E-state index in [0.29, 0.717) is 45.1 Å². The molecule has 2 aliphatic heterocycles. The van der Waals surface area contributed by atoms with Crippen LogP contribution in [0.3, 0.4) is 0 Å². The minimum absolute atomic E-state index is 0.0134.